The smallest absolute Gasteiger partial charge is 0.140 e. The van der Waals surface area contributed by atoms with E-state index in [1.165, 1.54) is 5.56 Å². The first kappa shape index (κ1) is 14.5. The summed E-state index contributed by atoms with van der Waals surface area (Å²) in [5.74, 6) is 0.957. The fourth-order valence-electron chi connectivity index (χ4n) is 2.76. The lowest BCUT2D eigenvalue weighted by molar-refractivity contribution is 0.211. The summed E-state index contributed by atoms with van der Waals surface area (Å²) < 4.78 is 1.04. The third-order valence-electron chi connectivity index (χ3n) is 3.94. The second-order valence-corrected chi connectivity index (χ2v) is 6.37. The maximum absolute atomic E-state index is 4.39. The number of rotatable bonds is 4. The van der Waals surface area contributed by atoms with Crippen LogP contribution < -0.4 is 5.32 Å². The molecule has 1 N–H and O–H groups in total. The number of piperidine rings is 1. The van der Waals surface area contributed by atoms with Crippen LogP contribution in [0.5, 0.6) is 0 Å². The fraction of sp³-hybridized carbons (Fsp3) is 0.353. The van der Waals surface area contributed by atoms with Gasteiger partial charge in [0, 0.05) is 31.9 Å². The van der Waals surface area contributed by atoms with Crippen LogP contribution in [-0.2, 0) is 6.54 Å². The number of benzene rings is 1. The molecule has 0 atom stereocenters. The Labute approximate surface area is 134 Å². The molecule has 0 unspecified atom stereocenters. The van der Waals surface area contributed by atoms with E-state index in [-0.39, 0.29) is 0 Å². The van der Waals surface area contributed by atoms with E-state index >= 15 is 0 Å². The lowest BCUT2D eigenvalue weighted by Gasteiger charge is -2.32. The summed E-state index contributed by atoms with van der Waals surface area (Å²) >= 11 is 3.54. The second-order valence-electron chi connectivity index (χ2n) is 5.51. The van der Waals surface area contributed by atoms with Crippen molar-refractivity contribution < 1.29 is 0 Å². The zero-order chi connectivity index (χ0) is 14.5. The van der Waals surface area contributed by atoms with Crippen LogP contribution in [-0.4, -0.2) is 29.0 Å². The number of anilines is 1. The van der Waals surface area contributed by atoms with E-state index < -0.39 is 0 Å². The Morgan fingerprint density at radius 3 is 2.57 bits per heavy atom. The number of nitrogens with zero attached hydrogens (tertiary/aromatic N) is 2. The molecule has 1 fully saturated rings. The van der Waals surface area contributed by atoms with Gasteiger partial charge in [0.25, 0.3) is 0 Å². The van der Waals surface area contributed by atoms with E-state index in [0.29, 0.717) is 6.04 Å². The predicted molar refractivity (Wildman–Crippen MR) is 90.3 cm³/mol. The second kappa shape index (κ2) is 7.05. The number of hydrogen-bond acceptors (Lipinski definition) is 3. The first-order chi connectivity index (χ1) is 10.3. The van der Waals surface area contributed by atoms with Crippen molar-refractivity contribution >= 4 is 21.7 Å². The molecule has 0 saturated carbocycles. The van der Waals surface area contributed by atoms with Crippen molar-refractivity contribution in [2.75, 3.05) is 18.4 Å². The molecule has 0 radical (unpaired) electrons. The summed E-state index contributed by atoms with van der Waals surface area (Å²) in [6, 6.07) is 15.2. The molecule has 1 aliphatic rings. The molecular weight excluding hydrogens is 326 g/mol. The highest BCUT2D eigenvalue weighted by molar-refractivity contribution is 9.10. The highest BCUT2D eigenvalue weighted by Gasteiger charge is 2.19. The zero-order valence-electron chi connectivity index (χ0n) is 12.0. The molecule has 4 heteroatoms. The van der Waals surface area contributed by atoms with Crippen molar-refractivity contribution in [1.82, 2.24) is 9.88 Å². The maximum Gasteiger partial charge on any atom is 0.140 e. The van der Waals surface area contributed by atoms with E-state index in [0.717, 1.165) is 42.8 Å². The van der Waals surface area contributed by atoms with Gasteiger partial charge in [0.15, 0.2) is 0 Å². The van der Waals surface area contributed by atoms with Gasteiger partial charge in [0.05, 0.1) is 4.47 Å². The van der Waals surface area contributed by atoms with Gasteiger partial charge in [-0.3, -0.25) is 4.90 Å². The van der Waals surface area contributed by atoms with E-state index in [2.05, 4.69) is 61.5 Å². The van der Waals surface area contributed by atoms with E-state index in [4.69, 9.17) is 0 Å². The minimum atomic E-state index is 0.517. The van der Waals surface area contributed by atoms with Gasteiger partial charge in [0.2, 0.25) is 0 Å². The molecule has 0 amide bonds. The van der Waals surface area contributed by atoms with Crippen LogP contribution in [0.3, 0.4) is 0 Å². The molecule has 2 aromatic rings. The minimum Gasteiger partial charge on any atom is -0.366 e. The van der Waals surface area contributed by atoms with Gasteiger partial charge in [-0.25, -0.2) is 4.98 Å². The van der Waals surface area contributed by atoms with E-state index in [1.807, 2.05) is 18.3 Å². The van der Waals surface area contributed by atoms with Gasteiger partial charge in [0.1, 0.15) is 5.82 Å². The molecule has 1 aliphatic heterocycles. The maximum atomic E-state index is 4.39. The quantitative estimate of drug-likeness (QED) is 0.910. The van der Waals surface area contributed by atoms with Gasteiger partial charge in [-0.05, 0) is 46.5 Å². The number of nitrogens with one attached hydrogen (secondary N) is 1. The Morgan fingerprint density at radius 1 is 1.10 bits per heavy atom. The Hall–Kier alpha value is -1.39. The first-order valence-electron chi connectivity index (χ1n) is 7.44. The summed E-state index contributed by atoms with van der Waals surface area (Å²) in [7, 11) is 0. The van der Waals surface area contributed by atoms with Crippen LogP contribution in [0.2, 0.25) is 0 Å². The van der Waals surface area contributed by atoms with Gasteiger partial charge in [-0.2, -0.15) is 0 Å². The molecule has 0 bridgehead atoms. The highest BCUT2D eigenvalue weighted by Crippen LogP contribution is 2.22. The van der Waals surface area contributed by atoms with E-state index in [1.54, 1.807) is 0 Å². The van der Waals surface area contributed by atoms with Crippen LogP contribution in [0.15, 0.2) is 53.1 Å². The van der Waals surface area contributed by atoms with Crippen molar-refractivity contribution in [1.29, 1.82) is 0 Å². The average molecular weight is 346 g/mol. The molecule has 1 aromatic heterocycles. The van der Waals surface area contributed by atoms with Crippen molar-refractivity contribution in [2.24, 2.45) is 0 Å². The molecule has 1 aromatic carbocycles. The standard InChI is InChI=1S/C17H20BrN3/c18-16-7-4-10-19-17(16)20-15-8-11-21(12-9-15)13-14-5-2-1-3-6-14/h1-7,10,15H,8-9,11-13H2,(H,19,20). The topological polar surface area (TPSA) is 28.2 Å². The van der Waals surface area contributed by atoms with Crippen molar-refractivity contribution in [3.8, 4) is 0 Å². The number of halogens is 1. The normalized spacial score (nSPS) is 16.8. The molecule has 2 heterocycles. The molecule has 0 spiro atoms. The van der Waals surface area contributed by atoms with Crippen molar-refractivity contribution in [3.63, 3.8) is 0 Å². The predicted octanol–water partition coefficient (Wildman–Crippen LogP) is 3.92. The lowest BCUT2D eigenvalue weighted by atomic mass is 10.0. The third-order valence-corrected chi connectivity index (χ3v) is 4.58. The van der Waals surface area contributed by atoms with Crippen molar-refractivity contribution in [2.45, 2.75) is 25.4 Å². The average Bonchev–Trinajstić information content (AvgIpc) is 2.52. The summed E-state index contributed by atoms with van der Waals surface area (Å²) in [6.07, 6.45) is 4.16. The zero-order valence-corrected chi connectivity index (χ0v) is 13.6. The fourth-order valence-corrected chi connectivity index (χ4v) is 3.13. The van der Waals surface area contributed by atoms with Crippen LogP contribution in [0.25, 0.3) is 0 Å². The van der Waals surface area contributed by atoms with E-state index in [9.17, 15) is 0 Å². The van der Waals surface area contributed by atoms with Gasteiger partial charge in [-0.15, -0.1) is 0 Å². The number of aromatic nitrogens is 1. The Kier molecular flexibility index (Phi) is 4.88. The molecular formula is C17H20BrN3. The molecule has 0 aliphatic carbocycles. The van der Waals surface area contributed by atoms with Crippen molar-refractivity contribution in [3.05, 3.63) is 58.7 Å². The molecule has 110 valence electrons. The van der Waals surface area contributed by atoms with Crippen LogP contribution in [0, 0.1) is 0 Å². The van der Waals surface area contributed by atoms with Crippen LogP contribution >= 0.6 is 15.9 Å². The molecule has 1 saturated heterocycles. The Bertz CT molecular complexity index is 565. The Morgan fingerprint density at radius 2 is 1.86 bits per heavy atom. The Balaban J connectivity index is 1.50. The highest BCUT2D eigenvalue weighted by atomic mass is 79.9. The largest absolute Gasteiger partial charge is 0.366 e. The third kappa shape index (κ3) is 4.05. The lowest BCUT2D eigenvalue weighted by Crippen LogP contribution is -2.38. The monoisotopic (exact) mass is 345 g/mol. The van der Waals surface area contributed by atoms with Gasteiger partial charge in [-0.1, -0.05) is 30.3 Å². The summed E-state index contributed by atoms with van der Waals surface area (Å²) in [5.41, 5.74) is 1.40. The number of pyridine rings is 1. The van der Waals surface area contributed by atoms with Gasteiger partial charge < -0.3 is 5.32 Å². The summed E-state index contributed by atoms with van der Waals surface area (Å²) in [4.78, 5) is 6.92. The minimum absolute atomic E-state index is 0.517. The summed E-state index contributed by atoms with van der Waals surface area (Å²) in [5, 5.41) is 3.55. The molecule has 3 nitrogen and oxygen atoms in total. The van der Waals surface area contributed by atoms with Gasteiger partial charge >= 0.3 is 0 Å². The molecule has 21 heavy (non-hydrogen) atoms. The van der Waals surface area contributed by atoms with Crippen LogP contribution in [0.1, 0.15) is 18.4 Å². The summed E-state index contributed by atoms with van der Waals surface area (Å²) in [6.45, 7) is 3.33. The molecule has 3 rings (SSSR count). The number of likely N-dealkylation sites (tertiary alicyclic amines) is 1. The first-order valence-corrected chi connectivity index (χ1v) is 8.24. The van der Waals surface area contributed by atoms with Crippen LogP contribution in [0.4, 0.5) is 5.82 Å². The SMILES string of the molecule is Brc1cccnc1NC1CCN(Cc2ccccc2)CC1. The number of hydrogen-bond donors (Lipinski definition) is 1.